The average molecular weight is 476 g/mol. The van der Waals surface area contributed by atoms with E-state index in [2.05, 4.69) is 14.4 Å². The van der Waals surface area contributed by atoms with Crippen molar-refractivity contribution in [2.24, 2.45) is 0 Å². The number of benzene rings is 2. The molecule has 0 aliphatic rings. The lowest BCUT2D eigenvalue weighted by atomic mass is 10.1. The van der Waals surface area contributed by atoms with Gasteiger partial charge < -0.3 is 9.72 Å². The lowest BCUT2D eigenvalue weighted by Crippen LogP contribution is -2.16. The molecule has 0 aliphatic carbocycles. The van der Waals surface area contributed by atoms with Crippen LogP contribution in [0.1, 0.15) is 35.8 Å². The summed E-state index contributed by atoms with van der Waals surface area (Å²) < 4.78 is 98.5. The molecule has 0 saturated carbocycles. The zero-order valence-electron chi connectivity index (χ0n) is 16.8. The molecular formula is C20H17F5N2O4S. The molecular weight excluding hydrogens is 459 g/mol. The van der Waals surface area contributed by atoms with Gasteiger partial charge in [-0.1, -0.05) is 13.3 Å². The van der Waals surface area contributed by atoms with Crippen molar-refractivity contribution in [1.82, 2.24) is 4.98 Å². The van der Waals surface area contributed by atoms with Crippen molar-refractivity contribution in [3.8, 4) is 5.75 Å². The Balaban J connectivity index is 1.94. The normalized spacial score (nSPS) is 11.7. The number of hydrogen-bond acceptors (Lipinski definition) is 4. The fraction of sp³-hybridized carbons (Fsp3) is 0.250. The Bertz CT molecular complexity index is 1290. The first-order valence-corrected chi connectivity index (χ1v) is 11.0. The highest BCUT2D eigenvalue weighted by atomic mass is 32.2. The smallest absolute Gasteiger partial charge is 0.360 e. The molecule has 3 aromatic rings. The minimum atomic E-state index is -3.59. The van der Waals surface area contributed by atoms with Crippen LogP contribution in [0, 0.1) is 36.0 Å². The summed E-state index contributed by atoms with van der Waals surface area (Å²) in [5.41, 5.74) is 0.470. The standard InChI is InChI=1S/C20H17F5N2O4S/c1-3-4-7-32(29,30)27-10-5-6-12-11(8-10)9(2)18(26-12)20(28)31-19-16(24)14(22)13(21)15(23)17(19)25/h5-6,8,26-27H,3-4,7H2,1-2H3. The number of carbonyl (C=O) groups excluding carboxylic acids is 1. The van der Waals surface area contributed by atoms with Gasteiger partial charge in [0.15, 0.2) is 0 Å². The first-order valence-electron chi connectivity index (χ1n) is 9.33. The van der Waals surface area contributed by atoms with E-state index in [4.69, 9.17) is 0 Å². The largest absolute Gasteiger partial charge is 0.415 e. The molecule has 1 aromatic heterocycles. The van der Waals surface area contributed by atoms with Crippen LogP contribution in [-0.2, 0) is 10.0 Å². The predicted molar refractivity (Wildman–Crippen MR) is 107 cm³/mol. The van der Waals surface area contributed by atoms with E-state index >= 15 is 0 Å². The van der Waals surface area contributed by atoms with Crippen LogP contribution in [0.15, 0.2) is 18.2 Å². The number of halogens is 5. The molecule has 0 fully saturated rings. The number of rotatable bonds is 7. The van der Waals surface area contributed by atoms with Crippen molar-refractivity contribution in [3.63, 3.8) is 0 Å². The van der Waals surface area contributed by atoms with Crippen molar-refractivity contribution >= 4 is 32.6 Å². The Hall–Kier alpha value is -3.15. The number of H-pyrrole nitrogens is 1. The Kier molecular flexibility index (Phi) is 6.44. The van der Waals surface area contributed by atoms with E-state index in [-0.39, 0.29) is 22.7 Å². The second-order valence-corrected chi connectivity index (χ2v) is 8.79. The fourth-order valence-electron chi connectivity index (χ4n) is 2.98. The van der Waals surface area contributed by atoms with Gasteiger partial charge in [-0.05, 0) is 37.1 Å². The molecule has 0 saturated heterocycles. The summed E-state index contributed by atoms with van der Waals surface area (Å²) in [5.74, 6) is -14.6. The van der Waals surface area contributed by atoms with Gasteiger partial charge >= 0.3 is 5.97 Å². The van der Waals surface area contributed by atoms with E-state index in [0.717, 1.165) is 0 Å². The van der Waals surface area contributed by atoms with Crippen molar-refractivity contribution in [2.75, 3.05) is 10.5 Å². The number of carbonyl (C=O) groups is 1. The summed E-state index contributed by atoms with van der Waals surface area (Å²) in [6, 6.07) is 4.32. The predicted octanol–water partition coefficient (Wildman–Crippen LogP) is 4.93. The van der Waals surface area contributed by atoms with E-state index in [1.807, 2.05) is 6.92 Å². The number of unbranched alkanes of at least 4 members (excludes halogenated alkanes) is 1. The number of hydrogen-bond donors (Lipinski definition) is 2. The lowest BCUT2D eigenvalue weighted by Gasteiger charge is -2.08. The third kappa shape index (κ3) is 4.40. The van der Waals surface area contributed by atoms with Gasteiger partial charge in [-0.25, -0.2) is 26.4 Å². The van der Waals surface area contributed by atoms with Gasteiger partial charge in [-0.15, -0.1) is 0 Å². The third-order valence-electron chi connectivity index (χ3n) is 4.67. The molecule has 172 valence electrons. The van der Waals surface area contributed by atoms with Crippen LogP contribution in [0.4, 0.5) is 27.6 Å². The van der Waals surface area contributed by atoms with Crippen molar-refractivity contribution in [1.29, 1.82) is 0 Å². The first kappa shape index (κ1) is 23.5. The molecule has 1 heterocycles. The number of aryl methyl sites for hydroxylation is 1. The number of nitrogens with one attached hydrogen (secondary N) is 2. The second-order valence-electron chi connectivity index (χ2n) is 6.95. The maximum absolute atomic E-state index is 13.8. The SMILES string of the molecule is CCCCS(=O)(=O)Nc1ccc2[nH]c(C(=O)Oc3c(F)c(F)c(F)c(F)c3F)c(C)c2c1. The Morgan fingerprint density at radius 1 is 1.03 bits per heavy atom. The molecule has 0 spiro atoms. The summed E-state index contributed by atoms with van der Waals surface area (Å²) in [5, 5.41) is 0.380. The number of aromatic nitrogens is 1. The van der Waals surface area contributed by atoms with Gasteiger partial charge in [-0.2, -0.15) is 8.78 Å². The van der Waals surface area contributed by atoms with E-state index in [0.29, 0.717) is 23.7 Å². The highest BCUT2D eigenvalue weighted by molar-refractivity contribution is 7.92. The molecule has 3 rings (SSSR count). The average Bonchev–Trinajstić information content (AvgIpc) is 3.08. The second kappa shape index (κ2) is 8.77. The van der Waals surface area contributed by atoms with Gasteiger partial charge in [0.25, 0.3) is 0 Å². The number of fused-ring (bicyclic) bond motifs is 1. The topological polar surface area (TPSA) is 88.3 Å². The minimum absolute atomic E-state index is 0.0762. The number of aromatic amines is 1. The van der Waals surface area contributed by atoms with Gasteiger partial charge in [0.05, 0.1) is 5.75 Å². The molecule has 0 unspecified atom stereocenters. The molecule has 6 nitrogen and oxygen atoms in total. The van der Waals surface area contributed by atoms with E-state index in [9.17, 15) is 35.2 Å². The Morgan fingerprint density at radius 2 is 1.62 bits per heavy atom. The maximum Gasteiger partial charge on any atom is 0.360 e. The van der Waals surface area contributed by atoms with Crippen molar-refractivity contribution in [2.45, 2.75) is 26.7 Å². The van der Waals surface area contributed by atoms with Crippen LogP contribution in [0.25, 0.3) is 10.9 Å². The molecule has 0 aliphatic heterocycles. The van der Waals surface area contributed by atoms with Crippen LogP contribution in [-0.4, -0.2) is 25.1 Å². The number of esters is 1. The van der Waals surface area contributed by atoms with Crippen LogP contribution in [0.3, 0.4) is 0 Å². The van der Waals surface area contributed by atoms with Gasteiger partial charge in [-0.3, -0.25) is 4.72 Å². The van der Waals surface area contributed by atoms with Crippen LogP contribution >= 0.6 is 0 Å². The summed E-state index contributed by atoms with van der Waals surface area (Å²) in [6.07, 6.45) is 1.15. The summed E-state index contributed by atoms with van der Waals surface area (Å²) >= 11 is 0. The zero-order chi connectivity index (χ0) is 23.8. The number of anilines is 1. The molecule has 32 heavy (non-hydrogen) atoms. The lowest BCUT2D eigenvalue weighted by molar-refractivity contribution is 0.0710. The van der Waals surface area contributed by atoms with Gasteiger partial charge in [0.1, 0.15) is 5.69 Å². The monoisotopic (exact) mass is 476 g/mol. The highest BCUT2D eigenvalue weighted by Gasteiger charge is 2.29. The van der Waals surface area contributed by atoms with Crippen LogP contribution in [0.5, 0.6) is 5.75 Å². The fourth-order valence-corrected chi connectivity index (χ4v) is 4.23. The maximum atomic E-state index is 13.8. The molecule has 0 atom stereocenters. The molecule has 0 bridgehead atoms. The van der Waals surface area contributed by atoms with Crippen LogP contribution in [0.2, 0.25) is 0 Å². The first-order chi connectivity index (χ1) is 15.0. The van der Waals surface area contributed by atoms with Gasteiger partial charge in [0.2, 0.25) is 44.9 Å². The minimum Gasteiger partial charge on any atom is -0.415 e. The van der Waals surface area contributed by atoms with Crippen molar-refractivity contribution < 1.29 is 39.9 Å². The summed E-state index contributed by atoms with van der Waals surface area (Å²) in [6.45, 7) is 3.28. The molecule has 0 radical (unpaired) electrons. The number of sulfonamides is 1. The Morgan fingerprint density at radius 3 is 2.22 bits per heavy atom. The molecule has 0 amide bonds. The molecule has 2 N–H and O–H groups in total. The Labute approximate surface area is 179 Å². The zero-order valence-corrected chi connectivity index (χ0v) is 17.6. The van der Waals surface area contributed by atoms with Crippen LogP contribution < -0.4 is 9.46 Å². The summed E-state index contributed by atoms with van der Waals surface area (Å²) in [4.78, 5) is 15.0. The summed E-state index contributed by atoms with van der Waals surface area (Å²) in [7, 11) is -3.59. The number of ether oxygens (including phenoxy) is 1. The highest BCUT2D eigenvalue weighted by Crippen LogP contribution is 2.31. The van der Waals surface area contributed by atoms with E-state index in [1.54, 1.807) is 0 Å². The molecule has 2 aromatic carbocycles. The quantitative estimate of drug-likeness (QED) is 0.166. The van der Waals surface area contributed by atoms with E-state index < -0.39 is 50.8 Å². The van der Waals surface area contributed by atoms with Gasteiger partial charge in [0, 0.05) is 16.6 Å². The van der Waals surface area contributed by atoms with E-state index in [1.165, 1.54) is 25.1 Å². The molecule has 12 heteroatoms. The van der Waals surface area contributed by atoms with Crippen molar-refractivity contribution in [3.05, 3.63) is 58.5 Å². The third-order valence-corrected chi connectivity index (χ3v) is 6.04.